The highest BCUT2D eigenvalue weighted by atomic mass is 35.5. The zero-order valence-corrected chi connectivity index (χ0v) is 12.6. The van der Waals surface area contributed by atoms with Gasteiger partial charge in [-0.25, -0.2) is 13.1 Å². The number of sulfonamides is 1. The number of nitrogens with two attached hydrogens (primary N) is 1. The van der Waals surface area contributed by atoms with Crippen molar-refractivity contribution in [1.29, 1.82) is 0 Å². The van der Waals surface area contributed by atoms with Crippen LogP contribution in [0.15, 0.2) is 39.6 Å². The van der Waals surface area contributed by atoms with E-state index < -0.39 is 16.1 Å². The summed E-state index contributed by atoms with van der Waals surface area (Å²) in [5.74, 6) is 1.24. The maximum absolute atomic E-state index is 12.3. The fourth-order valence-corrected chi connectivity index (χ4v) is 3.73. The molecule has 2 aromatic rings. The number of nitrogens with one attached hydrogen (secondary N) is 1. The van der Waals surface area contributed by atoms with Crippen molar-refractivity contribution in [2.75, 3.05) is 5.73 Å². The second-order valence-corrected chi connectivity index (χ2v) is 6.51. The molecule has 0 aliphatic rings. The van der Waals surface area contributed by atoms with E-state index in [1.54, 1.807) is 32.0 Å². The molecule has 1 unspecified atom stereocenters. The predicted octanol–water partition coefficient (Wildman–Crippen LogP) is 2.86. The van der Waals surface area contributed by atoms with E-state index in [4.69, 9.17) is 21.8 Å². The topological polar surface area (TPSA) is 85.3 Å². The lowest BCUT2D eigenvalue weighted by Crippen LogP contribution is -2.27. The van der Waals surface area contributed by atoms with Gasteiger partial charge in [0.05, 0.1) is 16.8 Å². The van der Waals surface area contributed by atoms with Gasteiger partial charge in [-0.3, -0.25) is 0 Å². The van der Waals surface area contributed by atoms with E-state index in [9.17, 15) is 8.42 Å². The number of hydrogen-bond acceptors (Lipinski definition) is 4. The van der Waals surface area contributed by atoms with Crippen LogP contribution in [0.2, 0.25) is 5.02 Å². The summed E-state index contributed by atoms with van der Waals surface area (Å²) in [7, 11) is -3.83. The largest absolute Gasteiger partial charge is 0.465 e. The zero-order chi connectivity index (χ0) is 14.9. The van der Waals surface area contributed by atoms with Crippen molar-refractivity contribution >= 4 is 27.3 Å². The van der Waals surface area contributed by atoms with Gasteiger partial charge >= 0.3 is 0 Å². The van der Waals surface area contributed by atoms with Crippen molar-refractivity contribution < 1.29 is 12.8 Å². The molecular formula is C13H15ClN2O3S. The van der Waals surface area contributed by atoms with Crippen molar-refractivity contribution in [3.63, 3.8) is 0 Å². The summed E-state index contributed by atoms with van der Waals surface area (Å²) < 4.78 is 32.6. The monoisotopic (exact) mass is 314 g/mol. The number of furan rings is 1. The molecule has 1 aromatic heterocycles. The number of halogens is 1. The first-order valence-electron chi connectivity index (χ1n) is 5.94. The van der Waals surface area contributed by atoms with Crippen molar-refractivity contribution in [2.45, 2.75) is 24.8 Å². The van der Waals surface area contributed by atoms with E-state index in [2.05, 4.69) is 4.72 Å². The molecule has 7 heteroatoms. The molecule has 108 valence electrons. The first-order chi connectivity index (χ1) is 9.31. The minimum Gasteiger partial charge on any atom is -0.465 e. The van der Waals surface area contributed by atoms with Crippen LogP contribution in [0.5, 0.6) is 0 Å². The van der Waals surface area contributed by atoms with Crippen LogP contribution in [0.1, 0.15) is 24.5 Å². The van der Waals surface area contributed by atoms with E-state index in [0.717, 1.165) is 0 Å². The van der Waals surface area contributed by atoms with Gasteiger partial charge in [-0.15, -0.1) is 0 Å². The van der Waals surface area contributed by atoms with E-state index in [1.165, 1.54) is 12.1 Å². The number of aryl methyl sites for hydroxylation is 1. The molecule has 5 nitrogen and oxygen atoms in total. The molecule has 1 heterocycles. The normalized spacial score (nSPS) is 13.3. The molecule has 0 aliphatic carbocycles. The molecule has 1 aromatic carbocycles. The Morgan fingerprint density at radius 1 is 1.30 bits per heavy atom. The lowest BCUT2D eigenvalue weighted by atomic mass is 10.3. The summed E-state index contributed by atoms with van der Waals surface area (Å²) in [5, 5.41) is 0.0836. The standard InChI is InChI=1S/C13H15ClN2O3S/c1-8-6-7-12(19-8)9(2)16-20(17,18)13-10(14)4-3-5-11(13)15/h3-7,9,16H,15H2,1-2H3. The molecule has 0 saturated carbocycles. The van der Waals surface area contributed by atoms with Gasteiger partial charge in [0.2, 0.25) is 10.0 Å². The first-order valence-corrected chi connectivity index (χ1v) is 7.80. The van der Waals surface area contributed by atoms with Crippen molar-refractivity contribution in [3.8, 4) is 0 Å². The molecule has 0 radical (unpaired) electrons. The third-order valence-corrected chi connectivity index (χ3v) is 4.87. The Kier molecular flexibility index (Phi) is 4.08. The Labute approximate surface area is 122 Å². The second kappa shape index (κ2) is 5.47. The van der Waals surface area contributed by atoms with Gasteiger partial charge in [-0.05, 0) is 38.1 Å². The minimum absolute atomic E-state index is 0.0836. The van der Waals surface area contributed by atoms with E-state index >= 15 is 0 Å². The fourth-order valence-electron chi connectivity index (χ4n) is 1.84. The van der Waals surface area contributed by atoms with Crippen LogP contribution >= 0.6 is 11.6 Å². The van der Waals surface area contributed by atoms with Crippen molar-refractivity contribution in [1.82, 2.24) is 4.72 Å². The predicted molar refractivity (Wildman–Crippen MR) is 78.0 cm³/mol. The maximum Gasteiger partial charge on any atom is 0.244 e. The van der Waals surface area contributed by atoms with Crippen LogP contribution in [-0.4, -0.2) is 8.42 Å². The van der Waals surface area contributed by atoms with Gasteiger partial charge in [0.15, 0.2) is 0 Å². The Bertz CT molecular complexity index is 705. The lowest BCUT2D eigenvalue weighted by Gasteiger charge is -2.14. The quantitative estimate of drug-likeness (QED) is 0.850. The van der Waals surface area contributed by atoms with E-state index in [-0.39, 0.29) is 15.6 Å². The number of rotatable bonds is 4. The lowest BCUT2D eigenvalue weighted by molar-refractivity contribution is 0.441. The average molecular weight is 315 g/mol. The molecule has 20 heavy (non-hydrogen) atoms. The zero-order valence-electron chi connectivity index (χ0n) is 11.1. The van der Waals surface area contributed by atoms with Gasteiger partial charge in [0.25, 0.3) is 0 Å². The Morgan fingerprint density at radius 3 is 2.55 bits per heavy atom. The number of nitrogen functional groups attached to an aromatic ring is 1. The molecule has 0 aliphatic heterocycles. The average Bonchev–Trinajstić information content (AvgIpc) is 2.74. The molecule has 3 N–H and O–H groups in total. The Balaban J connectivity index is 2.32. The molecule has 0 amide bonds. The molecule has 0 bridgehead atoms. The SMILES string of the molecule is Cc1ccc(C(C)NS(=O)(=O)c2c(N)cccc2Cl)o1. The molecule has 0 saturated heterocycles. The smallest absolute Gasteiger partial charge is 0.244 e. The van der Waals surface area contributed by atoms with Crippen LogP contribution in [-0.2, 0) is 10.0 Å². The highest BCUT2D eigenvalue weighted by Gasteiger charge is 2.24. The van der Waals surface area contributed by atoms with Crippen LogP contribution in [0.4, 0.5) is 5.69 Å². The van der Waals surface area contributed by atoms with Gasteiger partial charge in [0.1, 0.15) is 16.4 Å². The number of hydrogen-bond donors (Lipinski definition) is 2. The van der Waals surface area contributed by atoms with Crippen LogP contribution in [0.25, 0.3) is 0 Å². The number of anilines is 1. The summed E-state index contributed by atoms with van der Waals surface area (Å²) in [6, 6.07) is 7.53. The summed E-state index contributed by atoms with van der Waals surface area (Å²) in [4.78, 5) is -0.114. The molecular weight excluding hydrogens is 300 g/mol. The highest BCUT2D eigenvalue weighted by molar-refractivity contribution is 7.89. The highest BCUT2D eigenvalue weighted by Crippen LogP contribution is 2.28. The van der Waals surface area contributed by atoms with Gasteiger partial charge in [0, 0.05) is 0 Å². The van der Waals surface area contributed by atoms with Crippen LogP contribution in [0.3, 0.4) is 0 Å². The summed E-state index contributed by atoms with van der Waals surface area (Å²) in [6.45, 7) is 3.47. The first kappa shape index (κ1) is 14.9. The van der Waals surface area contributed by atoms with E-state index in [0.29, 0.717) is 11.5 Å². The summed E-state index contributed by atoms with van der Waals surface area (Å²) >= 11 is 5.93. The van der Waals surface area contributed by atoms with Crippen LogP contribution in [0, 0.1) is 6.92 Å². The molecule has 0 spiro atoms. The molecule has 2 rings (SSSR count). The fraction of sp³-hybridized carbons (Fsp3) is 0.231. The maximum atomic E-state index is 12.3. The molecule has 1 atom stereocenters. The second-order valence-electron chi connectivity index (χ2n) is 4.45. The Hall–Kier alpha value is -1.50. The molecule has 0 fully saturated rings. The van der Waals surface area contributed by atoms with Crippen molar-refractivity contribution in [2.24, 2.45) is 0 Å². The van der Waals surface area contributed by atoms with E-state index in [1.807, 2.05) is 0 Å². The summed E-state index contributed by atoms with van der Waals surface area (Å²) in [6.07, 6.45) is 0. The third kappa shape index (κ3) is 2.98. The van der Waals surface area contributed by atoms with Gasteiger partial charge in [-0.1, -0.05) is 17.7 Å². The summed E-state index contributed by atoms with van der Waals surface area (Å²) in [5.41, 5.74) is 5.80. The Morgan fingerprint density at radius 2 is 2.00 bits per heavy atom. The van der Waals surface area contributed by atoms with Gasteiger partial charge in [-0.2, -0.15) is 0 Å². The third-order valence-electron chi connectivity index (χ3n) is 2.79. The van der Waals surface area contributed by atoms with Crippen LogP contribution < -0.4 is 10.5 Å². The van der Waals surface area contributed by atoms with Crippen molar-refractivity contribution in [3.05, 3.63) is 46.9 Å². The minimum atomic E-state index is -3.83. The van der Waals surface area contributed by atoms with Gasteiger partial charge < -0.3 is 10.2 Å². The number of benzene rings is 1.